The van der Waals surface area contributed by atoms with Crippen LogP contribution in [0.3, 0.4) is 0 Å². The second-order valence-corrected chi connectivity index (χ2v) is 7.71. The molecule has 1 aliphatic rings. The largest absolute Gasteiger partial charge is 0.416 e. The molecule has 2 aromatic rings. The van der Waals surface area contributed by atoms with Gasteiger partial charge in [0.1, 0.15) is 0 Å². The quantitative estimate of drug-likeness (QED) is 0.792. The Labute approximate surface area is 169 Å². The third kappa shape index (κ3) is 4.90. The number of carbonyl (C=O) groups is 1. The van der Waals surface area contributed by atoms with Crippen LogP contribution in [0.1, 0.15) is 35.6 Å². The van der Waals surface area contributed by atoms with Gasteiger partial charge < -0.3 is 15.5 Å². The topological polar surface area (TPSA) is 44.4 Å². The minimum atomic E-state index is -4.36. The molecule has 2 unspecified atom stereocenters. The number of nitrogens with zero attached hydrogens (tertiary/aromatic N) is 1. The maximum absolute atomic E-state index is 12.9. The highest BCUT2D eigenvalue weighted by molar-refractivity contribution is 5.81. The molecule has 0 aromatic heterocycles. The van der Waals surface area contributed by atoms with Gasteiger partial charge in [0.2, 0.25) is 5.91 Å². The zero-order valence-corrected chi connectivity index (χ0v) is 16.8. The van der Waals surface area contributed by atoms with Gasteiger partial charge in [-0.2, -0.15) is 13.2 Å². The Balaban J connectivity index is 1.68. The fourth-order valence-corrected chi connectivity index (χ4v) is 3.69. The molecule has 156 valence electrons. The highest BCUT2D eigenvalue weighted by Gasteiger charge is 2.35. The molecule has 0 saturated carbocycles. The monoisotopic (exact) mass is 405 g/mol. The number of anilines is 1. The van der Waals surface area contributed by atoms with Crippen molar-refractivity contribution >= 4 is 11.6 Å². The normalized spacial score (nSPS) is 20.3. The van der Waals surface area contributed by atoms with Crippen LogP contribution in [0.25, 0.3) is 0 Å². The van der Waals surface area contributed by atoms with E-state index < -0.39 is 11.7 Å². The number of hydrogen-bond acceptors (Lipinski definition) is 3. The highest BCUT2D eigenvalue weighted by atomic mass is 19.4. The van der Waals surface area contributed by atoms with E-state index in [2.05, 4.69) is 10.6 Å². The number of carbonyl (C=O) groups excluding carboxylic acids is 1. The van der Waals surface area contributed by atoms with E-state index in [1.54, 1.807) is 0 Å². The van der Waals surface area contributed by atoms with Gasteiger partial charge in [0.25, 0.3) is 0 Å². The minimum Gasteiger partial charge on any atom is -0.378 e. The highest BCUT2D eigenvalue weighted by Crippen LogP contribution is 2.33. The molecular formula is C22H26F3N3O. The van der Waals surface area contributed by atoms with Gasteiger partial charge in [0.05, 0.1) is 17.5 Å². The van der Waals surface area contributed by atoms with Crippen molar-refractivity contribution in [2.75, 3.05) is 32.1 Å². The van der Waals surface area contributed by atoms with Crippen LogP contribution >= 0.6 is 0 Å². The third-order valence-electron chi connectivity index (χ3n) is 5.49. The van der Waals surface area contributed by atoms with Gasteiger partial charge in [0, 0.05) is 38.8 Å². The van der Waals surface area contributed by atoms with Gasteiger partial charge in [-0.3, -0.25) is 4.79 Å². The van der Waals surface area contributed by atoms with Crippen LogP contribution in [0.4, 0.5) is 18.9 Å². The van der Waals surface area contributed by atoms with Crippen LogP contribution in [0, 0.1) is 5.92 Å². The van der Waals surface area contributed by atoms with Crippen molar-refractivity contribution in [1.29, 1.82) is 0 Å². The van der Waals surface area contributed by atoms with Gasteiger partial charge in [-0.15, -0.1) is 0 Å². The first-order valence-electron chi connectivity index (χ1n) is 9.62. The van der Waals surface area contributed by atoms with Gasteiger partial charge in [-0.1, -0.05) is 24.3 Å². The number of rotatable bonds is 5. The Kier molecular flexibility index (Phi) is 6.17. The Morgan fingerprint density at radius 2 is 1.69 bits per heavy atom. The fraction of sp³-hybridized carbons (Fsp3) is 0.409. The van der Waals surface area contributed by atoms with Crippen LogP contribution in [0.5, 0.6) is 0 Å². The molecule has 2 N–H and O–H groups in total. The van der Waals surface area contributed by atoms with Crippen molar-refractivity contribution < 1.29 is 18.0 Å². The molecule has 0 bridgehead atoms. The number of amides is 1. The molecule has 4 nitrogen and oxygen atoms in total. The smallest absolute Gasteiger partial charge is 0.378 e. The summed E-state index contributed by atoms with van der Waals surface area (Å²) in [6.45, 7) is 3.00. The van der Waals surface area contributed by atoms with E-state index >= 15 is 0 Å². The van der Waals surface area contributed by atoms with E-state index in [4.69, 9.17) is 0 Å². The zero-order valence-electron chi connectivity index (χ0n) is 16.8. The van der Waals surface area contributed by atoms with E-state index in [0.717, 1.165) is 28.9 Å². The lowest BCUT2D eigenvalue weighted by atomic mass is 9.87. The number of benzene rings is 2. The number of alkyl halides is 3. The lowest BCUT2D eigenvalue weighted by molar-refractivity contribution is -0.137. The Bertz CT molecular complexity index is 832. The van der Waals surface area contributed by atoms with Crippen LogP contribution < -0.4 is 15.5 Å². The Morgan fingerprint density at radius 3 is 2.24 bits per heavy atom. The summed E-state index contributed by atoms with van der Waals surface area (Å²) in [4.78, 5) is 14.9. The summed E-state index contributed by atoms with van der Waals surface area (Å²) in [5, 5.41) is 6.24. The van der Waals surface area contributed by atoms with Crippen molar-refractivity contribution in [2.24, 2.45) is 5.92 Å². The van der Waals surface area contributed by atoms with Crippen LogP contribution in [-0.4, -0.2) is 33.1 Å². The summed E-state index contributed by atoms with van der Waals surface area (Å²) in [7, 11) is 3.93. The first-order chi connectivity index (χ1) is 13.7. The summed E-state index contributed by atoms with van der Waals surface area (Å²) in [6.07, 6.45) is -4.36. The average molecular weight is 405 g/mol. The Morgan fingerprint density at radius 1 is 1.07 bits per heavy atom. The predicted octanol–water partition coefficient (Wildman–Crippen LogP) is 3.95. The molecule has 29 heavy (non-hydrogen) atoms. The summed E-state index contributed by atoms with van der Waals surface area (Å²) < 4.78 is 38.4. The maximum Gasteiger partial charge on any atom is 0.416 e. The van der Waals surface area contributed by atoms with Crippen molar-refractivity contribution in [1.82, 2.24) is 10.6 Å². The molecule has 0 aliphatic carbocycles. The van der Waals surface area contributed by atoms with Crippen LogP contribution in [-0.2, 0) is 11.0 Å². The van der Waals surface area contributed by atoms with Crippen LogP contribution in [0.15, 0.2) is 48.5 Å². The summed E-state index contributed by atoms with van der Waals surface area (Å²) in [5.74, 6) is -0.570. The summed E-state index contributed by atoms with van der Waals surface area (Å²) in [5.41, 5.74) is 2.14. The molecular weight excluding hydrogens is 379 g/mol. The molecule has 1 heterocycles. The number of nitrogens with one attached hydrogen (secondary N) is 2. The van der Waals surface area contributed by atoms with E-state index in [1.165, 1.54) is 12.1 Å². The van der Waals surface area contributed by atoms with Crippen molar-refractivity contribution in [3.05, 3.63) is 65.2 Å². The maximum atomic E-state index is 12.9. The fourth-order valence-electron chi connectivity index (χ4n) is 3.69. The third-order valence-corrected chi connectivity index (χ3v) is 5.49. The standard InChI is InChI=1S/C22H26F3N3O/c1-14(15-6-10-18(11-7-15)28(2)3)27-21(29)20-13-26-12-19(20)16-4-8-17(9-5-16)22(23,24)25/h4-11,14,19-20,26H,12-13H2,1-3H3,(H,27,29)/t14?,19-,20?/m1/s1. The molecule has 3 rings (SSSR count). The van der Waals surface area contributed by atoms with E-state index in [9.17, 15) is 18.0 Å². The lowest BCUT2D eigenvalue weighted by Gasteiger charge is -2.22. The van der Waals surface area contributed by atoms with Crippen LogP contribution in [0.2, 0.25) is 0 Å². The van der Waals surface area contributed by atoms with Gasteiger partial charge in [0.15, 0.2) is 0 Å². The van der Waals surface area contributed by atoms with Crippen molar-refractivity contribution in [3.8, 4) is 0 Å². The first-order valence-corrected chi connectivity index (χ1v) is 9.62. The SMILES string of the molecule is CC(NC(=O)C1CNC[C@@H]1c1ccc(C(F)(F)F)cc1)c1ccc(N(C)C)cc1. The average Bonchev–Trinajstić information content (AvgIpc) is 3.17. The van der Waals surface area contributed by atoms with E-state index in [-0.39, 0.29) is 23.8 Å². The zero-order chi connectivity index (χ0) is 21.2. The predicted molar refractivity (Wildman–Crippen MR) is 108 cm³/mol. The number of halogens is 3. The Hall–Kier alpha value is -2.54. The second-order valence-electron chi connectivity index (χ2n) is 7.71. The molecule has 1 saturated heterocycles. The molecule has 7 heteroatoms. The van der Waals surface area contributed by atoms with Crippen molar-refractivity contribution in [3.63, 3.8) is 0 Å². The number of hydrogen-bond donors (Lipinski definition) is 2. The summed E-state index contributed by atoms with van der Waals surface area (Å²) >= 11 is 0. The lowest BCUT2D eigenvalue weighted by Crippen LogP contribution is -2.36. The minimum absolute atomic E-state index is 0.0934. The second kappa shape index (κ2) is 8.45. The first kappa shape index (κ1) is 21.2. The molecule has 1 amide bonds. The summed E-state index contributed by atoms with van der Waals surface area (Å²) in [6, 6.07) is 12.9. The molecule has 0 spiro atoms. The molecule has 1 aliphatic heterocycles. The molecule has 3 atom stereocenters. The molecule has 0 radical (unpaired) electrons. The van der Waals surface area contributed by atoms with Gasteiger partial charge >= 0.3 is 6.18 Å². The van der Waals surface area contributed by atoms with E-state index in [1.807, 2.05) is 50.2 Å². The molecule has 1 fully saturated rings. The van der Waals surface area contributed by atoms with Gasteiger partial charge in [-0.05, 0) is 42.3 Å². The van der Waals surface area contributed by atoms with Gasteiger partial charge in [-0.25, -0.2) is 0 Å². The van der Waals surface area contributed by atoms with E-state index in [0.29, 0.717) is 13.1 Å². The van der Waals surface area contributed by atoms with Crippen molar-refractivity contribution in [2.45, 2.75) is 25.1 Å². The molecule has 2 aromatic carbocycles.